The van der Waals surface area contributed by atoms with E-state index < -0.39 is 6.10 Å². The number of fused-ring (bicyclic) bond motifs is 1. The molecule has 1 aliphatic rings. The molecule has 2 aromatic rings. The van der Waals surface area contributed by atoms with Crippen LogP contribution in [-0.2, 0) is 33.5 Å². The number of ether oxygens (including phenoxy) is 2. The van der Waals surface area contributed by atoms with Crippen LogP contribution in [0.3, 0.4) is 0 Å². The van der Waals surface area contributed by atoms with Crippen LogP contribution < -0.4 is 5.32 Å². The van der Waals surface area contributed by atoms with Crippen molar-refractivity contribution in [1.82, 2.24) is 5.32 Å². The van der Waals surface area contributed by atoms with E-state index in [1.54, 1.807) is 13.0 Å². The molecule has 3 rings (SSSR count). The molecule has 0 fully saturated rings. The maximum Gasteiger partial charge on any atom is 0.306 e. The van der Waals surface area contributed by atoms with Gasteiger partial charge in [0.15, 0.2) is 0 Å². The number of halogens is 1. The van der Waals surface area contributed by atoms with E-state index in [4.69, 9.17) is 9.47 Å². The summed E-state index contributed by atoms with van der Waals surface area (Å²) in [7, 11) is 0. The summed E-state index contributed by atoms with van der Waals surface area (Å²) in [5, 5.41) is 14.2. The van der Waals surface area contributed by atoms with E-state index >= 15 is 0 Å². The first-order valence-corrected chi connectivity index (χ1v) is 13.8. The number of hydrogen-bond donors (Lipinski definition) is 2. The van der Waals surface area contributed by atoms with Gasteiger partial charge in [-0.3, -0.25) is 4.79 Å². The molecule has 0 aliphatic heterocycles. The molecule has 204 valence electrons. The summed E-state index contributed by atoms with van der Waals surface area (Å²) in [6, 6.07) is 13.6. The predicted octanol–water partition coefficient (Wildman–Crippen LogP) is 5.71. The number of β-amino-alcohol motifs (C(OH)–C–C–N with tert-alkyl or cyclic N) is 1. The molecule has 0 saturated heterocycles. The van der Waals surface area contributed by atoms with E-state index in [0.717, 1.165) is 31.2 Å². The standard InChI is InChI=1S/C31H44FNO4/c1-5-10-29(27-13-9-14-28(32)26(27)15-16-30(35)36-6-2)37-21-25(34)20-33-31(3,4)19-22-17-23-11-7-8-12-24(23)18-22/h7-9,11-14,22,25,29,33-34H,5-6,10,15-21H2,1-4H3/t25-,29-/m1/s1. The molecule has 0 bridgehead atoms. The SMILES string of the molecule is CCC[C@@H](OC[C@H](O)CNC(C)(C)CC1Cc2ccccc2C1)c1cccc(F)c1CCC(=O)OCC. The molecule has 0 saturated carbocycles. The normalized spacial score (nSPS) is 15.4. The van der Waals surface area contributed by atoms with Crippen LogP contribution in [0.25, 0.3) is 0 Å². The fraction of sp³-hybridized carbons (Fsp3) is 0.581. The van der Waals surface area contributed by atoms with Crippen molar-refractivity contribution in [3.63, 3.8) is 0 Å². The summed E-state index contributed by atoms with van der Waals surface area (Å²) < 4.78 is 25.9. The first-order valence-electron chi connectivity index (χ1n) is 13.8. The van der Waals surface area contributed by atoms with E-state index in [0.29, 0.717) is 31.1 Å². The fourth-order valence-corrected chi connectivity index (χ4v) is 5.46. The zero-order chi connectivity index (χ0) is 26.8. The number of aliphatic hydroxyl groups excluding tert-OH is 1. The van der Waals surface area contributed by atoms with Crippen molar-refractivity contribution in [2.24, 2.45) is 5.92 Å². The van der Waals surface area contributed by atoms with E-state index in [9.17, 15) is 14.3 Å². The van der Waals surface area contributed by atoms with Crippen molar-refractivity contribution in [2.45, 2.75) is 90.4 Å². The Morgan fingerprint density at radius 1 is 1.14 bits per heavy atom. The van der Waals surface area contributed by atoms with Crippen LogP contribution in [-0.4, -0.2) is 42.5 Å². The van der Waals surface area contributed by atoms with Gasteiger partial charge in [0.2, 0.25) is 0 Å². The van der Waals surface area contributed by atoms with E-state index in [-0.39, 0.29) is 42.9 Å². The van der Waals surface area contributed by atoms with Gasteiger partial charge in [-0.05, 0) is 87.1 Å². The second kappa shape index (κ2) is 14.0. The predicted molar refractivity (Wildman–Crippen MR) is 145 cm³/mol. The Balaban J connectivity index is 1.52. The van der Waals surface area contributed by atoms with Gasteiger partial charge in [0, 0.05) is 18.5 Å². The molecule has 0 radical (unpaired) electrons. The molecule has 1 aliphatic carbocycles. The van der Waals surface area contributed by atoms with Crippen LogP contribution >= 0.6 is 0 Å². The summed E-state index contributed by atoms with van der Waals surface area (Å²) in [6.45, 7) is 9.06. The molecule has 0 spiro atoms. The molecular formula is C31H44FNO4. The lowest BCUT2D eigenvalue weighted by atomic mass is 9.88. The van der Waals surface area contributed by atoms with Crippen molar-refractivity contribution in [2.75, 3.05) is 19.8 Å². The van der Waals surface area contributed by atoms with Crippen LogP contribution in [0.5, 0.6) is 0 Å². The van der Waals surface area contributed by atoms with Gasteiger partial charge in [0.1, 0.15) is 5.82 Å². The lowest BCUT2D eigenvalue weighted by molar-refractivity contribution is -0.143. The molecule has 2 N–H and O–H groups in total. The fourth-order valence-electron chi connectivity index (χ4n) is 5.46. The Bertz CT molecular complexity index is 983. The lowest BCUT2D eigenvalue weighted by Crippen LogP contribution is -2.45. The highest BCUT2D eigenvalue weighted by Gasteiger charge is 2.28. The molecule has 0 heterocycles. The van der Waals surface area contributed by atoms with E-state index in [1.165, 1.54) is 17.2 Å². The number of nitrogens with one attached hydrogen (secondary N) is 1. The van der Waals surface area contributed by atoms with Gasteiger partial charge in [-0.2, -0.15) is 0 Å². The average Bonchev–Trinajstić information content (AvgIpc) is 3.26. The third kappa shape index (κ3) is 8.91. The number of carbonyl (C=O) groups is 1. The summed E-state index contributed by atoms with van der Waals surface area (Å²) >= 11 is 0. The van der Waals surface area contributed by atoms with Crippen molar-refractivity contribution in [1.29, 1.82) is 0 Å². The summed E-state index contributed by atoms with van der Waals surface area (Å²) in [6.07, 6.45) is 4.14. The van der Waals surface area contributed by atoms with Crippen LogP contribution in [0.1, 0.15) is 81.7 Å². The molecule has 0 amide bonds. The number of carbonyl (C=O) groups excluding carboxylic acids is 1. The van der Waals surface area contributed by atoms with Crippen molar-refractivity contribution < 1.29 is 23.8 Å². The second-order valence-corrected chi connectivity index (χ2v) is 10.9. The van der Waals surface area contributed by atoms with Crippen molar-refractivity contribution in [3.05, 3.63) is 70.5 Å². The Labute approximate surface area is 221 Å². The molecule has 6 heteroatoms. The average molecular weight is 514 g/mol. The molecule has 5 nitrogen and oxygen atoms in total. The van der Waals surface area contributed by atoms with Crippen LogP contribution in [0, 0.1) is 11.7 Å². The number of aliphatic hydroxyl groups is 1. The zero-order valence-electron chi connectivity index (χ0n) is 22.9. The Morgan fingerprint density at radius 3 is 2.49 bits per heavy atom. The lowest BCUT2D eigenvalue weighted by Gasteiger charge is -2.31. The maximum absolute atomic E-state index is 14.7. The quantitative estimate of drug-likeness (QED) is 0.299. The minimum Gasteiger partial charge on any atom is -0.466 e. The van der Waals surface area contributed by atoms with Gasteiger partial charge >= 0.3 is 5.97 Å². The third-order valence-electron chi connectivity index (χ3n) is 7.18. The van der Waals surface area contributed by atoms with Crippen LogP contribution in [0.15, 0.2) is 42.5 Å². The molecule has 37 heavy (non-hydrogen) atoms. The van der Waals surface area contributed by atoms with Gasteiger partial charge in [0.25, 0.3) is 0 Å². The summed E-state index contributed by atoms with van der Waals surface area (Å²) in [5.41, 5.74) is 4.03. The van der Waals surface area contributed by atoms with Crippen molar-refractivity contribution in [3.8, 4) is 0 Å². The number of hydrogen-bond acceptors (Lipinski definition) is 5. The minimum absolute atomic E-state index is 0.112. The number of benzene rings is 2. The van der Waals surface area contributed by atoms with Gasteiger partial charge in [0.05, 0.1) is 25.4 Å². The second-order valence-electron chi connectivity index (χ2n) is 10.9. The highest BCUT2D eigenvalue weighted by molar-refractivity contribution is 5.69. The van der Waals surface area contributed by atoms with Gasteiger partial charge in [-0.15, -0.1) is 0 Å². The summed E-state index contributed by atoms with van der Waals surface area (Å²) in [5.74, 6) is -0.0805. The monoisotopic (exact) mass is 513 g/mol. The van der Waals surface area contributed by atoms with Crippen LogP contribution in [0.4, 0.5) is 4.39 Å². The maximum atomic E-state index is 14.7. The smallest absolute Gasteiger partial charge is 0.306 e. The first kappa shape index (κ1) is 29.3. The van der Waals surface area contributed by atoms with Gasteiger partial charge in [-0.25, -0.2) is 4.39 Å². The highest BCUT2D eigenvalue weighted by Crippen LogP contribution is 2.32. The molecule has 0 aromatic heterocycles. The number of esters is 1. The topological polar surface area (TPSA) is 67.8 Å². The zero-order valence-corrected chi connectivity index (χ0v) is 22.9. The summed E-state index contributed by atoms with van der Waals surface area (Å²) in [4.78, 5) is 11.9. The Hall–Kier alpha value is -2.28. The highest BCUT2D eigenvalue weighted by atomic mass is 19.1. The number of rotatable bonds is 15. The molecule has 2 atom stereocenters. The minimum atomic E-state index is -0.684. The first-order chi connectivity index (χ1) is 17.7. The molecule has 0 unspecified atom stereocenters. The largest absolute Gasteiger partial charge is 0.466 e. The van der Waals surface area contributed by atoms with Gasteiger partial charge in [-0.1, -0.05) is 49.7 Å². The van der Waals surface area contributed by atoms with Crippen molar-refractivity contribution >= 4 is 5.97 Å². The Kier molecular flexibility index (Phi) is 11.1. The molecular weight excluding hydrogens is 469 g/mol. The van der Waals surface area contributed by atoms with E-state index in [1.807, 2.05) is 6.07 Å². The van der Waals surface area contributed by atoms with Crippen LogP contribution in [0.2, 0.25) is 0 Å². The molecule has 2 aromatic carbocycles. The van der Waals surface area contributed by atoms with Gasteiger partial charge < -0.3 is 19.9 Å². The third-order valence-corrected chi connectivity index (χ3v) is 7.18. The Morgan fingerprint density at radius 2 is 1.84 bits per heavy atom. The van der Waals surface area contributed by atoms with E-state index in [2.05, 4.69) is 50.4 Å².